The summed E-state index contributed by atoms with van der Waals surface area (Å²) in [6.45, 7) is 8.47. The molecule has 0 fully saturated rings. The Morgan fingerprint density at radius 1 is 1.29 bits per heavy atom. The van der Waals surface area contributed by atoms with E-state index in [1.54, 1.807) is 0 Å². The number of carbonyl (C=O) groups excluding carboxylic acids is 2. The van der Waals surface area contributed by atoms with E-state index in [2.05, 4.69) is 10.6 Å². The number of nitrogens with two attached hydrogens (primary N) is 1. The molecular weight excluding hydrogens is 218 g/mol. The van der Waals surface area contributed by atoms with Crippen LogP contribution in [0.5, 0.6) is 0 Å². The molecule has 100 valence electrons. The van der Waals surface area contributed by atoms with Crippen molar-refractivity contribution < 1.29 is 9.59 Å². The van der Waals surface area contributed by atoms with Crippen LogP contribution in [0.2, 0.25) is 0 Å². The standard InChI is InChI=1S/C12H25N3O2/c1-9(5-7-13)11(17)14-8-6-10(16)15-12(2,3)4/h9H,5-8,13H2,1-4H3,(H,14,17)(H,15,16). The zero-order valence-corrected chi connectivity index (χ0v) is 11.3. The van der Waals surface area contributed by atoms with Gasteiger partial charge in [-0.2, -0.15) is 0 Å². The summed E-state index contributed by atoms with van der Waals surface area (Å²) < 4.78 is 0. The van der Waals surface area contributed by atoms with Crippen LogP contribution in [0.4, 0.5) is 0 Å². The summed E-state index contributed by atoms with van der Waals surface area (Å²) in [4.78, 5) is 23.0. The maximum atomic E-state index is 11.5. The van der Waals surface area contributed by atoms with E-state index < -0.39 is 0 Å². The lowest BCUT2D eigenvalue weighted by atomic mass is 10.1. The fourth-order valence-corrected chi connectivity index (χ4v) is 1.34. The fraction of sp³-hybridized carbons (Fsp3) is 0.833. The van der Waals surface area contributed by atoms with Gasteiger partial charge in [0.15, 0.2) is 0 Å². The smallest absolute Gasteiger partial charge is 0.222 e. The minimum absolute atomic E-state index is 0.0426. The molecule has 2 amide bonds. The summed E-state index contributed by atoms with van der Waals surface area (Å²) in [6.07, 6.45) is 0.971. The van der Waals surface area contributed by atoms with Gasteiger partial charge < -0.3 is 16.4 Å². The first-order valence-electron chi connectivity index (χ1n) is 6.05. The van der Waals surface area contributed by atoms with Crippen molar-refractivity contribution in [3.63, 3.8) is 0 Å². The molecule has 5 nitrogen and oxygen atoms in total. The third-order valence-electron chi connectivity index (χ3n) is 2.21. The van der Waals surface area contributed by atoms with E-state index in [-0.39, 0.29) is 23.3 Å². The van der Waals surface area contributed by atoms with Gasteiger partial charge in [0.1, 0.15) is 0 Å². The molecule has 0 aromatic rings. The second-order valence-electron chi connectivity index (χ2n) is 5.32. The Balaban J connectivity index is 3.77. The highest BCUT2D eigenvalue weighted by molar-refractivity contribution is 5.80. The molecule has 0 saturated carbocycles. The molecule has 0 aromatic heterocycles. The molecular formula is C12H25N3O2. The third-order valence-corrected chi connectivity index (χ3v) is 2.21. The van der Waals surface area contributed by atoms with E-state index >= 15 is 0 Å². The summed E-state index contributed by atoms with van der Waals surface area (Å²) in [5, 5.41) is 5.57. The third kappa shape index (κ3) is 8.68. The normalized spacial score (nSPS) is 13.0. The van der Waals surface area contributed by atoms with Crippen molar-refractivity contribution in [1.29, 1.82) is 0 Å². The second kappa shape index (κ2) is 7.27. The average molecular weight is 243 g/mol. The molecule has 0 aliphatic rings. The lowest BCUT2D eigenvalue weighted by Gasteiger charge is -2.20. The van der Waals surface area contributed by atoms with Crippen molar-refractivity contribution in [2.75, 3.05) is 13.1 Å². The van der Waals surface area contributed by atoms with Gasteiger partial charge in [0.2, 0.25) is 11.8 Å². The summed E-state index contributed by atoms with van der Waals surface area (Å²) in [5.41, 5.74) is 5.14. The highest BCUT2D eigenvalue weighted by atomic mass is 16.2. The first-order chi connectivity index (χ1) is 7.76. The molecule has 1 atom stereocenters. The summed E-state index contributed by atoms with van der Waals surface area (Å²) in [5.74, 6) is -0.186. The Hall–Kier alpha value is -1.10. The number of hydrogen-bond donors (Lipinski definition) is 3. The minimum atomic E-state index is -0.228. The van der Waals surface area contributed by atoms with Crippen LogP contribution in [0.15, 0.2) is 0 Å². The molecule has 1 unspecified atom stereocenters. The first-order valence-corrected chi connectivity index (χ1v) is 6.05. The van der Waals surface area contributed by atoms with Crippen molar-refractivity contribution in [3.8, 4) is 0 Å². The molecule has 0 aromatic carbocycles. The van der Waals surface area contributed by atoms with Gasteiger partial charge in [-0.1, -0.05) is 6.92 Å². The van der Waals surface area contributed by atoms with Gasteiger partial charge in [-0.25, -0.2) is 0 Å². The van der Waals surface area contributed by atoms with Gasteiger partial charge in [-0.05, 0) is 33.7 Å². The van der Waals surface area contributed by atoms with E-state index in [1.165, 1.54) is 0 Å². The maximum absolute atomic E-state index is 11.5. The van der Waals surface area contributed by atoms with Crippen LogP contribution in [0.25, 0.3) is 0 Å². The SMILES string of the molecule is CC(CCN)C(=O)NCCC(=O)NC(C)(C)C. The van der Waals surface area contributed by atoms with Crippen LogP contribution in [0.3, 0.4) is 0 Å². The lowest BCUT2D eigenvalue weighted by Crippen LogP contribution is -2.42. The average Bonchev–Trinajstić information content (AvgIpc) is 2.14. The molecule has 17 heavy (non-hydrogen) atoms. The van der Waals surface area contributed by atoms with Crippen molar-refractivity contribution >= 4 is 11.8 Å². The Labute approximate surface area is 104 Å². The van der Waals surface area contributed by atoms with Crippen LogP contribution in [-0.2, 0) is 9.59 Å². The summed E-state index contributed by atoms with van der Waals surface area (Å²) >= 11 is 0. The molecule has 0 rings (SSSR count). The Morgan fingerprint density at radius 2 is 1.88 bits per heavy atom. The molecule has 0 saturated heterocycles. The van der Waals surface area contributed by atoms with Gasteiger partial charge in [0.05, 0.1) is 0 Å². The van der Waals surface area contributed by atoms with E-state index in [1.807, 2.05) is 27.7 Å². The van der Waals surface area contributed by atoms with Crippen LogP contribution < -0.4 is 16.4 Å². The highest BCUT2D eigenvalue weighted by Crippen LogP contribution is 2.00. The van der Waals surface area contributed by atoms with Gasteiger partial charge in [-0.15, -0.1) is 0 Å². The Kier molecular flexibility index (Phi) is 6.80. The molecule has 0 heterocycles. The van der Waals surface area contributed by atoms with Crippen LogP contribution >= 0.6 is 0 Å². The second-order valence-corrected chi connectivity index (χ2v) is 5.32. The molecule has 0 aliphatic carbocycles. The quantitative estimate of drug-likeness (QED) is 0.631. The molecule has 0 radical (unpaired) electrons. The predicted octanol–water partition coefficient (Wildman–Crippen LogP) is 0.392. The van der Waals surface area contributed by atoms with Gasteiger partial charge in [0, 0.05) is 24.4 Å². The minimum Gasteiger partial charge on any atom is -0.355 e. The summed E-state index contributed by atoms with van der Waals surface area (Å²) in [7, 11) is 0. The largest absolute Gasteiger partial charge is 0.355 e. The Bertz CT molecular complexity index is 259. The first kappa shape index (κ1) is 15.9. The molecule has 0 aliphatic heterocycles. The maximum Gasteiger partial charge on any atom is 0.222 e. The molecule has 4 N–H and O–H groups in total. The molecule has 0 spiro atoms. The van der Waals surface area contributed by atoms with Crippen molar-refractivity contribution in [1.82, 2.24) is 10.6 Å². The van der Waals surface area contributed by atoms with Gasteiger partial charge in [-0.3, -0.25) is 9.59 Å². The topological polar surface area (TPSA) is 84.2 Å². The zero-order valence-electron chi connectivity index (χ0n) is 11.3. The number of rotatable bonds is 6. The highest BCUT2D eigenvalue weighted by Gasteiger charge is 2.15. The van der Waals surface area contributed by atoms with Crippen LogP contribution in [0, 0.1) is 5.92 Å². The molecule has 0 bridgehead atoms. The van der Waals surface area contributed by atoms with E-state index in [0.29, 0.717) is 25.9 Å². The predicted molar refractivity (Wildman–Crippen MR) is 68.4 cm³/mol. The molecule has 5 heteroatoms. The van der Waals surface area contributed by atoms with Crippen molar-refractivity contribution in [3.05, 3.63) is 0 Å². The lowest BCUT2D eigenvalue weighted by molar-refractivity contribution is -0.125. The van der Waals surface area contributed by atoms with Crippen LogP contribution in [0.1, 0.15) is 40.5 Å². The summed E-state index contributed by atoms with van der Waals surface area (Å²) in [6, 6.07) is 0. The van der Waals surface area contributed by atoms with E-state index in [0.717, 1.165) is 0 Å². The number of amides is 2. The zero-order chi connectivity index (χ0) is 13.5. The van der Waals surface area contributed by atoms with Gasteiger partial charge in [0.25, 0.3) is 0 Å². The van der Waals surface area contributed by atoms with E-state index in [4.69, 9.17) is 5.73 Å². The number of hydrogen-bond acceptors (Lipinski definition) is 3. The van der Waals surface area contributed by atoms with Crippen molar-refractivity contribution in [2.45, 2.75) is 46.1 Å². The Morgan fingerprint density at radius 3 is 2.35 bits per heavy atom. The van der Waals surface area contributed by atoms with Gasteiger partial charge >= 0.3 is 0 Å². The van der Waals surface area contributed by atoms with Crippen molar-refractivity contribution in [2.24, 2.45) is 11.7 Å². The fourth-order valence-electron chi connectivity index (χ4n) is 1.34. The monoisotopic (exact) mass is 243 g/mol. The number of nitrogens with one attached hydrogen (secondary N) is 2. The number of carbonyl (C=O) groups is 2. The van der Waals surface area contributed by atoms with Crippen LogP contribution in [-0.4, -0.2) is 30.4 Å². The van der Waals surface area contributed by atoms with E-state index in [9.17, 15) is 9.59 Å².